The Hall–Kier alpha value is -2.76. The van der Waals surface area contributed by atoms with Crippen molar-refractivity contribution in [1.82, 2.24) is 5.32 Å². The van der Waals surface area contributed by atoms with Crippen LogP contribution in [0.1, 0.15) is 17.2 Å². The van der Waals surface area contributed by atoms with Crippen LogP contribution >= 0.6 is 0 Å². The van der Waals surface area contributed by atoms with Gasteiger partial charge in [0.2, 0.25) is 0 Å². The predicted octanol–water partition coefficient (Wildman–Crippen LogP) is 3.33. The summed E-state index contributed by atoms with van der Waals surface area (Å²) < 4.78 is 46.2. The van der Waals surface area contributed by atoms with Crippen LogP contribution in [0, 0.1) is 17.5 Å². The standard InChI is InChI=1S/C17H12F3NO2/c1-23-16-13(9-5-3-2-4-6-9)15(21-17(16)22)11-7-10(18)8-12(19)14(11)20/h2-8,15H,1H3,(H,21,22). The van der Waals surface area contributed by atoms with Crippen molar-refractivity contribution in [2.24, 2.45) is 0 Å². The minimum Gasteiger partial charge on any atom is -0.491 e. The largest absolute Gasteiger partial charge is 0.491 e. The lowest BCUT2D eigenvalue weighted by molar-refractivity contribution is -0.119. The third-order valence-electron chi connectivity index (χ3n) is 3.64. The maximum Gasteiger partial charge on any atom is 0.287 e. The number of benzene rings is 2. The number of methoxy groups -OCH3 is 1. The second-order valence-electron chi connectivity index (χ2n) is 5.01. The van der Waals surface area contributed by atoms with Gasteiger partial charge in [0.05, 0.1) is 13.2 Å². The summed E-state index contributed by atoms with van der Waals surface area (Å²) in [4.78, 5) is 12.1. The highest BCUT2D eigenvalue weighted by Gasteiger charge is 2.36. The van der Waals surface area contributed by atoms with Crippen LogP contribution in [0.5, 0.6) is 0 Å². The minimum absolute atomic E-state index is 0.00901. The zero-order valence-corrected chi connectivity index (χ0v) is 12.1. The molecule has 1 amide bonds. The number of carbonyl (C=O) groups excluding carboxylic acids is 1. The summed E-state index contributed by atoms with van der Waals surface area (Å²) in [6.45, 7) is 0. The number of hydrogen-bond donors (Lipinski definition) is 1. The summed E-state index contributed by atoms with van der Waals surface area (Å²) in [5.74, 6) is -4.02. The summed E-state index contributed by atoms with van der Waals surface area (Å²) in [5, 5.41) is 2.50. The molecule has 0 bridgehead atoms. The van der Waals surface area contributed by atoms with Gasteiger partial charge in [-0.2, -0.15) is 0 Å². The molecule has 0 fully saturated rings. The molecule has 6 heteroatoms. The highest BCUT2D eigenvalue weighted by Crippen LogP contribution is 2.39. The molecule has 1 unspecified atom stereocenters. The van der Waals surface area contributed by atoms with Crippen molar-refractivity contribution in [2.45, 2.75) is 6.04 Å². The van der Waals surface area contributed by atoms with Gasteiger partial charge in [-0.1, -0.05) is 30.3 Å². The van der Waals surface area contributed by atoms with E-state index in [4.69, 9.17) is 4.74 Å². The van der Waals surface area contributed by atoms with Crippen molar-refractivity contribution in [1.29, 1.82) is 0 Å². The maximum absolute atomic E-state index is 14.1. The minimum atomic E-state index is -1.31. The van der Waals surface area contributed by atoms with Crippen LogP contribution in [0.2, 0.25) is 0 Å². The van der Waals surface area contributed by atoms with E-state index in [-0.39, 0.29) is 11.3 Å². The van der Waals surface area contributed by atoms with Gasteiger partial charge in [0.25, 0.3) is 5.91 Å². The Bertz CT molecular complexity index is 803. The fourth-order valence-electron chi connectivity index (χ4n) is 2.66. The lowest BCUT2D eigenvalue weighted by atomic mass is 9.93. The number of halogens is 3. The second kappa shape index (κ2) is 5.79. The smallest absolute Gasteiger partial charge is 0.287 e. The molecule has 0 aromatic heterocycles. The first-order chi connectivity index (χ1) is 11.0. The van der Waals surface area contributed by atoms with Crippen molar-refractivity contribution in [3.05, 3.63) is 76.8 Å². The van der Waals surface area contributed by atoms with E-state index >= 15 is 0 Å². The van der Waals surface area contributed by atoms with E-state index in [1.54, 1.807) is 30.3 Å². The van der Waals surface area contributed by atoms with E-state index in [9.17, 15) is 18.0 Å². The lowest BCUT2D eigenvalue weighted by Gasteiger charge is -2.17. The Balaban J connectivity index is 2.20. The van der Waals surface area contributed by atoms with E-state index in [0.717, 1.165) is 6.07 Å². The normalized spacial score (nSPS) is 17.4. The van der Waals surface area contributed by atoms with E-state index < -0.39 is 29.4 Å². The Morgan fingerprint density at radius 3 is 2.43 bits per heavy atom. The zero-order valence-electron chi connectivity index (χ0n) is 12.1. The molecule has 1 atom stereocenters. The third-order valence-corrected chi connectivity index (χ3v) is 3.64. The van der Waals surface area contributed by atoms with E-state index in [1.807, 2.05) is 0 Å². The summed E-state index contributed by atoms with van der Waals surface area (Å²) >= 11 is 0. The van der Waals surface area contributed by atoms with Gasteiger partial charge in [0.1, 0.15) is 5.82 Å². The number of rotatable bonds is 3. The molecule has 118 valence electrons. The molecule has 2 aromatic carbocycles. The molecular weight excluding hydrogens is 307 g/mol. The van der Waals surface area contributed by atoms with Gasteiger partial charge in [0, 0.05) is 17.2 Å². The third kappa shape index (κ3) is 2.56. The molecule has 3 rings (SSSR count). The lowest BCUT2D eigenvalue weighted by Crippen LogP contribution is -2.23. The topological polar surface area (TPSA) is 38.3 Å². The van der Waals surface area contributed by atoms with E-state index in [1.165, 1.54) is 7.11 Å². The number of hydrogen-bond acceptors (Lipinski definition) is 2. The maximum atomic E-state index is 14.1. The predicted molar refractivity (Wildman–Crippen MR) is 77.6 cm³/mol. The molecule has 0 radical (unpaired) electrons. The van der Waals surface area contributed by atoms with Crippen molar-refractivity contribution in [3.8, 4) is 0 Å². The Morgan fingerprint density at radius 1 is 1.09 bits per heavy atom. The average Bonchev–Trinajstić information content (AvgIpc) is 2.88. The highest BCUT2D eigenvalue weighted by molar-refractivity contribution is 6.05. The Morgan fingerprint density at radius 2 is 1.78 bits per heavy atom. The van der Waals surface area contributed by atoms with Crippen molar-refractivity contribution in [2.75, 3.05) is 7.11 Å². The van der Waals surface area contributed by atoms with Crippen molar-refractivity contribution in [3.63, 3.8) is 0 Å². The van der Waals surface area contributed by atoms with Gasteiger partial charge in [0.15, 0.2) is 17.4 Å². The van der Waals surface area contributed by atoms with Crippen LogP contribution < -0.4 is 5.32 Å². The van der Waals surface area contributed by atoms with Crippen molar-refractivity contribution >= 4 is 11.5 Å². The monoisotopic (exact) mass is 319 g/mol. The first kappa shape index (κ1) is 15.1. The zero-order chi connectivity index (χ0) is 16.6. The Kier molecular flexibility index (Phi) is 3.82. The van der Waals surface area contributed by atoms with Crippen molar-refractivity contribution < 1.29 is 22.7 Å². The van der Waals surface area contributed by atoms with Crippen LogP contribution in [-0.4, -0.2) is 13.0 Å². The van der Waals surface area contributed by atoms with Gasteiger partial charge in [-0.3, -0.25) is 4.79 Å². The number of nitrogens with one attached hydrogen (secondary N) is 1. The molecule has 0 saturated carbocycles. The summed E-state index contributed by atoms with van der Waals surface area (Å²) in [7, 11) is 1.31. The quantitative estimate of drug-likeness (QED) is 0.881. The summed E-state index contributed by atoms with van der Waals surface area (Å²) in [5.41, 5.74) is 0.639. The number of amides is 1. The van der Waals surface area contributed by atoms with Crippen LogP contribution in [0.25, 0.3) is 5.57 Å². The Labute approximate surface area is 130 Å². The molecule has 1 N–H and O–H groups in total. The van der Waals surface area contributed by atoms with Crippen LogP contribution in [0.15, 0.2) is 48.2 Å². The molecule has 3 nitrogen and oxygen atoms in total. The molecule has 1 aliphatic heterocycles. The summed E-state index contributed by atoms with van der Waals surface area (Å²) in [6.07, 6.45) is 0. The van der Waals surface area contributed by atoms with Gasteiger partial charge >= 0.3 is 0 Å². The van der Waals surface area contributed by atoms with Crippen LogP contribution in [0.4, 0.5) is 13.2 Å². The SMILES string of the molecule is COC1=C(c2ccccc2)C(c2cc(F)cc(F)c2F)NC1=O. The summed E-state index contributed by atoms with van der Waals surface area (Å²) in [6, 6.07) is 8.94. The molecule has 1 heterocycles. The van der Waals surface area contributed by atoms with Gasteiger partial charge < -0.3 is 10.1 Å². The van der Waals surface area contributed by atoms with E-state index in [0.29, 0.717) is 17.2 Å². The van der Waals surface area contributed by atoms with Gasteiger partial charge in [-0.05, 0) is 11.6 Å². The van der Waals surface area contributed by atoms with Crippen LogP contribution in [0.3, 0.4) is 0 Å². The molecular formula is C17H12F3NO2. The van der Waals surface area contributed by atoms with Gasteiger partial charge in [-0.15, -0.1) is 0 Å². The molecule has 23 heavy (non-hydrogen) atoms. The molecule has 1 aliphatic rings. The highest BCUT2D eigenvalue weighted by atomic mass is 19.2. The fraction of sp³-hybridized carbons (Fsp3) is 0.118. The van der Waals surface area contributed by atoms with Gasteiger partial charge in [-0.25, -0.2) is 13.2 Å². The average molecular weight is 319 g/mol. The first-order valence-corrected chi connectivity index (χ1v) is 6.81. The molecule has 0 aliphatic carbocycles. The number of carbonyl (C=O) groups is 1. The first-order valence-electron chi connectivity index (χ1n) is 6.81. The molecule has 0 spiro atoms. The fourth-order valence-corrected chi connectivity index (χ4v) is 2.66. The second-order valence-corrected chi connectivity index (χ2v) is 5.01. The molecule has 0 saturated heterocycles. The molecule has 2 aromatic rings. The number of ether oxygens (including phenoxy) is 1. The van der Waals surface area contributed by atoms with E-state index in [2.05, 4.69) is 5.32 Å². The van der Waals surface area contributed by atoms with Crippen LogP contribution in [-0.2, 0) is 9.53 Å².